The molecule has 0 fully saturated rings. The van der Waals surface area contributed by atoms with E-state index in [1.807, 2.05) is 33.4 Å². The molecule has 56 heavy (non-hydrogen) atoms. The van der Waals surface area contributed by atoms with Crippen molar-refractivity contribution < 1.29 is 0 Å². The Morgan fingerprint density at radius 2 is 0.411 bits per heavy atom. The molecule has 0 aliphatic heterocycles. The summed E-state index contributed by atoms with van der Waals surface area (Å²) in [4.78, 5) is 0. The third-order valence-electron chi connectivity index (χ3n) is 13.5. The van der Waals surface area contributed by atoms with Crippen LogP contribution in [-0.4, -0.2) is 0 Å². The van der Waals surface area contributed by atoms with Crippen LogP contribution in [0, 0.1) is 0 Å². The second-order valence-corrected chi connectivity index (χ2v) is 18.7. The topological polar surface area (TPSA) is 0 Å². The van der Waals surface area contributed by atoms with Crippen LogP contribution in [0.1, 0.15) is 325 Å². The molecule has 330 valence electrons. The fraction of sp³-hybridized carbons (Fsp3) is 0.893. The van der Waals surface area contributed by atoms with Gasteiger partial charge in [0.15, 0.2) is 0 Å². The van der Waals surface area contributed by atoms with Crippen molar-refractivity contribution in [3.8, 4) is 0 Å². The smallest absolute Gasteiger partial charge is 0.0156 e. The van der Waals surface area contributed by atoms with Gasteiger partial charge in [-0.2, -0.15) is 0 Å². The van der Waals surface area contributed by atoms with Crippen LogP contribution < -0.4 is 0 Å². The second kappa shape index (κ2) is 39.7. The lowest BCUT2D eigenvalue weighted by Gasteiger charge is -2.32. The maximum absolute atomic E-state index is 2.39. The van der Waals surface area contributed by atoms with Crippen molar-refractivity contribution in [1.82, 2.24) is 0 Å². The molecule has 0 atom stereocenters. The van der Waals surface area contributed by atoms with Crippen LogP contribution in [0.4, 0.5) is 0 Å². The van der Waals surface area contributed by atoms with Crippen molar-refractivity contribution in [2.45, 2.75) is 324 Å². The molecule has 0 nitrogen and oxygen atoms in total. The maximum atomic E-state index is 2.39. The fourth-order valence-corrected chi connectivity index (χ4v) is 9.97. The van der Waals surface area contributed by atoms with Crippen molar-refractivity contribution in [3.05, 3.63) is 33.4 Å². The third-order valence-corrected chi connectivity index (χ3v) is 13.5. The van der Waals surface area contributed by atoms with Gasteiger partial charge in [0.2, 0.25) is 0 Å². The quantitative estimate of drug-likeness (QED) is 0.0579. The van der Waals surface area contributed by atoms with Crippen LogP contribution >= 0.6 is 0 Å². The van der Waals surface area contributed by atoms with Gasteiger partial charge in [-0.1, -0.05) is 241 Å². The van der Waals surface area contributed by atoms with E-state index in [0.29, 0.717) is 0 Å². The summed E-state index contributed by atoms with van der Waals surface area (Å²) in [6.07, 6.45) is 59.2. The molecule has 0 saturated heterocycles. The predicted molar refractivity (Wildman–Crippen MR) is 258 cm³/mol. The van der Waals surface area contributed by atoms with Gasteiger partial charge in [0.1, 0.15) is 0 Å². The molecule has 0 aliphatic carbocycles. The highest BCUT2D eigenvalue weighted by Crippen LogP contribution is 2.42. The zero-order valence-electron chi connectivity index (χ0n) is 40.3. The Bertz CT molecular complexity index is 902. The highest BCUT2D eigenvalue weighted by atomic mass is 14.3. The summed E-state index contributed by atoms with van der Waals surface area (Å²) in [5, 5.41) is 0. The normalized spacial score (nSPS) is 11.8. The predicted octanol–water partition coefficient (Wildman–Crippen LogP) is 20.1. The Morgan fingerprint density at radius 3 is 0.661 bits per heavy atom. The molecule has 0 N–H and O–H groups in total. The summed E-state index contributed by atoms with van der Waals surface area (Å²) in [5.41, 5.74) is 11.7. The first-order valence-corrected chi connectivity index (χ1v) is 26.8. The number of benzene rings is 1. The summed E-state index contributed by atoms with van der Waals surface area (Å²) in [6.45, 7) is 16.7. The molecule has 0 radical (unpaired) electrons. The van der Waals surface area contributed by atoms with Crippen LogP contribution in [0.25, 0.3) is 0 Å². The molecule has 0 unspecified atom stereocenters. The van der Waals surface area contributed by atoms with E-state index >= 15 is 0 Å². The molecule has 0 heterocycles. The highest BCUT2D eigenvalue weighted by Gasteiger charge is 2.27. The molecule has 1 rings (SSSR count). The molecule has 1 aromatic rings. The van der Waals surface area contributed by atoms with Crippen molar-refractivity contribution in [1.29, 1.82) is 0 Å². The Balaban J connectivity index is 4.07. The minimum Gasteiger partial charge on any atom is -0.0654 e. The summed E-state index contributed by atoms with van der Waals surface area (Å²) >= 11 is 0. The van der Waals surface area contributed by atoms with E-state index in [1.165, 1.54) is 270 Å². The lowest BCUT2D eigenvalue weighted by atomic mass is 9.73. The van der Waals surface area contributed by atoms with Gasteiger partial charge in [-0.3, -0.25) is 0 Å². The number of hydrogen-bond acceptors (Lipinski definition) is 0. The standard InChI is InChI=1S/C56H106/c1-8-15-22-29-36-43-50(44-37-30-23-16-9-2)56-54(48-41-34-27-20-13-6)52(46-39-32-25-18-11-4)51(45-38-31-24-17-10-3)53(47-40-33-26-19-12-5)55(56)49-42-35-28-21-14-7/h50H,8-49H2,1-7H3. The molecular weight excluding hydrogens is 673 g/mol. The van der Waals surface area contributed by atoms with Gasteiger partial charge in [-0.05, 0) is 116 Å². The molecular formula is C56H106. The zero-order valence-corrected chi connectivity index (χ0v) is 40.3. The van der Waals surface area contributed by atoms with Crippen molar-refractivity contribution in [3.63, 3.8) is 0 Å². The van der Waals surface area contributed by atoms with Gasteiger partial charge in [-0.15, -0.1) is 0 Å². The van der Waals surface area contributed by atoms with E-state index in [4.69, 9.17) is 0 Å². The van der Waals surface area contributed by atoms with Crippen LogP contribution in [-0.2, 0) is 32.1 Å². The molecule has 0 saturated carbocycles. The zero-order chi connectivity index (χ0) is 40.7. The largest absolute Gasteiger partial charge is 0.0654 e. The second-order valence-electron chi connectivity index (χ2n) is 18.7. The molecule has 0 heteroatoms. The van der Waals surface area contributed by atoms with Gasteiger partial charge in [0, 0.05) is 0 Å². The van der Waals surface area contributed by atoms with Gasteiger partial charge in [0.05, 0.1) is 0 Å². The number of unbranched alkanes of at least 4 members (excludes halogenated alkanes) is 28. The summed E-state index contributed by atoms with van der Waals surface area (Å²) in [7, 11) is 0. The fourth-order valence-electron chi connectivity index (χ4n) is 9.97. The third kappa shape index (κ3) is 25.0. The summed E-state index contributed by atoms with van der Waals surface area (Å²) in [6, 6.07) is 0. The van der Waals surface area contributed by atoms with E-state index in [2.05, 4.69) is 48.5 Å². The lowest BCUT2D eigenvalue weighted by molar-refractivity contribution is 0.482. The van der Waals surface area contributed by atoms with Crippen molar-refractivity contribution in [2.24, 2.45) is 0 Å². The lowest BCUT2D eigenvalue weighted by Crippen LogP contribution is -2.18. The minimum atomic E-state index is 0.783. The van der Waals surface area contributed by atoms with Gasteiger partial charge >= 0.3 is 0 Å². The van der Waals surface area contributed by atoms with Crippen LogP contribution in [0.2, 0.25) is 0 Å². The first-order chi connectivity index (χ1) is 27.6. The maximum Gasteiger partial charge on any atom is -0.0156 e. The van der Waals surface area contributed by atoms with E-state index in [9.17, 15) is 0 Å². The van der Waals surface area contributed by atoms with Gasteiger partial charge < -0.3 is 0 Å². The Hall–Kier alpha value is -0.780. The summed E-state index contributed by atoms with van der Waals surface area (Å²) in [5.74, 6) is 0.783. The van der Waals surface area contributed by atoms with Crippen molar-refractivity contribution >= 4 is 0 Å². The van der Waals surface area contributed by atoms with Gasteiger partial charge in [-0.25, -0.2) is 0 Å². The molecule has 0 aliphatic rings. The Morgan fingerprint density at radius 1 is 0.214 bits per heavy atom. The Kier molecular flexibility index (Phi) is 37.7. The molecule has 0 aromatic heterocycles. The average molecular weight is 779 g/mol. The SMILES string of the molecule is CCCCCCCc1c(CCCCCCC)c(CCCCCCC)c(C(CCCCCCC)CCCCCCC)c(CCCCCCC)c1CCCCCCC. The Labute approximate surface area is 356 Å². The molecule has 0 amide bonds. The minimum absolute atomic E-state index is 0.783. The van der Waals surface area contributed by atoms with Crippen LogP contribution in [0.5, 0.6) is 0 Å². The highest BCUT2D eigenvalue weighted by molar-refractivity contribution is 5.54. The molecule has 0 spiro atoms. The first kappa shape index (κ1) is 53.2. The van der Waals surface area contributed by atoms with Gasteiger partial charge in [0.25, 0.3) is 0 Å². The van der Waals surface area contributed by atoms with E-state index in [-0.39, 0.29) is 0 Å². The van der Waals surface area contributed by atoms with Crippen LogP contribution in [0.3, 0.4) is 0 Å². The van der Waals surface area contributed by atoms with E-state index in [1.54, 1.807) is 0 Å². The van der Waals surface area contributed by atoms with Crippen LogP contribution in [0.15, 0.2) is 0 Å². The number of hydrogen-bond donors (Lipinski definition) is 0. The van der Waals surface area contributed by atoms with E-state index < -0.39 is 0 Å². The van der Waals surface area contributed by atoms with E-state index in [0.717, 1.165) is 5.92 Å². The number of rotatable bonds is 43. The van der Waals surface area contributed by atoms with Crippen molar-refractivity contribution in [2.75, 3.05) is 0 Å². The average Bonchev–Trinajstić information content (AvgIpc) is 3.20. The first-order valence-electron chi connectivity index (χ1n) is 26.8. The molecule has 1 aromatic carbocycles. The summed E-state index contributed by atoms with van der Waals surface area (Å²) < 4.78 is 0. The molecule has 0 bridgehead atoms. The monoisotopic (exact) mass is 779 g/mol.